The van der Waals surface area contributed by atoms with Gasteiger partial charge in [-0.15, -0.1) is 0 Å². The highest BCUT2D eigenvalue weighted by Gasteiger charge is 2.17. The van der Waals surface area contributed by atoms with Gasteiger partial charge in [-0.25, -0.2) is 0 Å². The number of hydrogen-bond acceptors (Lipinski definition) is 4. The first-order valence-corrected chi connectivity index (χ1v) is 6.72. The smallest absolute Gasteiger partial charge is 0.311 e. The summed E-state index contributed by atoms with van der Waals surface area (Å²) in [6.45, 7) is 2.08. The average Bonchev–Trinajstić information content (AvgIpc) is 2.42. The molecule has 2 N–H and O–H groups in total. The summed E-state index contributed by atoms with van der Waals surface area (Å²) >= 11 is 3.35. The fraction of sp³-hybridized carbons (Fsp3) is 0.143. The Hall–Kier alpha value is -1.92. The van der Waals surface area contributed by atoms with Crippen LogP contribution < -0.4 is 10.5 Å². The van der Waals surface area contributed by atoms with Crippen molar-refractivity contribution in [1.82, 2.24) is 0 Å². The maximum absolute atomic E-state index is 11.1. The molecule has 0 aliphatic rings. The molecule has 0 aliphatic heterocycles. The Morgan fingerprint density at radius 2 is 1.95 bits per heavy atom. The normalized spacial score (nSPS) is 10.3. The van der Waals surface area contributed by atoms with Gasteiger partial charge in [-0.2, -0.15) is 0 Å². The zero-order valence-corrected chi connectivity index (χ0v) is 12.4. The molecule has 0 fully saturated rings. The van der Waals surface area contributed by atoms with Crippen LogP contribution in [0.5, 0.6) is 11.5 Å². The van der Waals surface area contributed by atoms with Gasteiger partial charge < -0.3 is 10.5 Å². The molecule has 0 unspecified atom stereocenters. The van der Waals surface area contributed by atoms with Crippen LogP contribution in [0.1, 0.15) is 11.1 Å². The molecule has 0 radical (unpaired) electrons. The molecule has 0 atom stereocenters. The lowest BCUT2D eigenvalue weighted by Gasteiger charge is -2.11. The number of nitro benzene ring substituents is 1. The van der Waals surface area contributed by atoms with Crippen molar-refractivity contribution in [1.29, 1.82) is 0 Å². The van der Waals surface area contributed by atoms with Gasteiger partial charge in [-0.05, 0) is 36.8 Å². The van der Waals surface area contributed by atoms with E-state index in [0.29, 0.717) is 5.75 Å². The quantitative estimate of drug-likeness (QED) is 0.677. The number of rotatable bonds is 4. The van der Waals surface area contributed by atoms with Gasteiger partial charge in [0.25, 0.3) is 0 Å². The van der Waals surface area contributed by atoms with Crippen molar-refractivity contribution in [3.8, 4) is 11.5 Å². The topological polar surface area (TPSA) is 78.4 Å². The first-order chi connectivity index (χ1) is 9.51. The molecule has 0 heterocycles. The molecule has 0 saturated heterocycles. The van der Waals surface area contributed by atoms with Crippen molar-refractivity contribution in [3.05, 3.63) is 62.1 Å². The molecule has 0 bridgehead atoms. The molecule has 2 aromatic rings. The maximum atomic E-state index is 11.1. The van der Waals surface area contributed by atoms with Crippen molar-refractivity contribution in [2.24, 2.45) is 5.73 Å². The van der Waals surface area contributed by atoms with E-state index in [1.807, 2.05) is 6.07 Å². The molecule has 20 heavy (non-hydrogen) atoms. The highest BCUT2D eigenvalue weighted by Crippen LogP contribution is 2.34. The minimum Gasteiger partial charge on any atom is -0.450 e. The number of aryl methyl sites for hydroxylation is 1. The van der Waals surface area contributed by atoms with Gasteiger partial charge >= 0.3 is 5.69 Å². The van der Waals surface area contributed by atoms with Gasteiger partial charge in [0.05, 0.1) is 4.92 Å². The van der Waals surface area contributed by atoms with E-state index in [4.69, 9.17) is 10.5 Å². The second-order valence-corrected chi connectivity index (χ2v) is 5.20. The van der Waals surface area contributed by atoms with Crippen LogP contribution in [0.25, 0.3) is 0 Å². The van der Waals surface area contributed by atoms with E-state index >= 15 is 0 Å². The van der Waals surface area contributed by atoms with Gasteiger partial charge in [0.15, 0.2) is 0 Å². The van der Waals surface area contributed by atoms with Gasteiger partial charge in [-0.1, -0.05) is 22.0 Å². The number of nitro groups is 1. The molecular weight excluding hydrogens is 324 g/mol. The van der Waals surface area contributed by atoms with Crippen LogP contribution in [0, 0.1) is 17.0 Å². The van der Waals surface area contributed by atoms with Crippen LogP contribution in [0.15, 0.2) is 40.9 Å². The minimum atomic E-state index is -0.455. The molecule has 5 nitrogen and oxygen atoms in total. The van der Waals surface area contributed by atoms with Crippen LogP contribution in [0.3, 0.4) is 0 Å². The summed E-state index contributed by atoms with van der Waals surface area (Å²) in [5.41, 5.74) is 7.18. The predicted octanol–water partition coefficient (Wildman–Crippen LogP) is 3.92. The molecule has 0 saturated carbocycles. The van der Waals surface area contributed by atoms with E-state index < -0.39 is 4.92 Å². The SMILES string of the molecule is Cc1ccc(Oc2ccc(Br)cc2CN)c([N+](=O)[O-])c1. The van der Waals surface area contributed by atoms with Crippen molar-refractivity contribution >= 4 is 21.6 Å². The fourth-order valence-electron chi connectivity index (χ4n) is 1.78. The Morgan fingerprint density at radius 1 is 1.25 bits per heavy atom. The summed E-state index contributed by atoms with van der Waals surface area (Å²) < 4.78 is 6.54. The maximum Gasteiger partial charge on any atom is 0.311 e. The highest BCUT2D eigenvalue weighted by molar-refractivity contribution is 9.10. The number of nitrogens with two attached hydrogens (primary N) is 1. The second kappa shape index (κ2) is 6.02. The number of ether oxygens (including phenoxy) is 1. The average molecular weight is 337 g/mol. The zero-order chi connectivity index (χ0) is 14.7. The Morgan fingerprint density at radius 3 is 2.60 bits per heavy atom. The lowest BCUT2D eigenvalue weighted by molar-refractivity contribution is -0.385. The number of nitrogens with zero attached hydrogens (tertiary/aromatic N) is 1. The Kier molecular flexibility index (Phi) is 4.36. The monoisotopic (exact) mass is 336 g/mol. The van der Waals surface area contributed by atoms with E-state index in [9.17, 15) is 10.1 Å². The summed E-state index contributed by atoms with van der Waals surface area (Å²) in [6.07, 6.45) is 0. The summed E-state index contributed by atoms with van der Waals surface area (Å²) in [4.78, 5) is 10.6. The Balaban J connectivity index is 2.42. The van der Waals surface area contributed by atoms with Crippen molar-refractivity contribution in [3.63, 3.8) is 0 Å². The van der Waals surface area contributed by atoms with E-state index in [1.54, 1.807) is 31.2 Å². The Bertz CT molecular complexity index is 659. The minimum absolute atomic E-state index is 0.0594. The molecule has 0 spiro atoms. The van der Waals surface area contributed by atoms with Crippen LogP contribution in [-0.2, 0) is 6.54 Å². The first-order valence-electron chi connectivity index (χ1n) is 5.92. The van der Waals surface area contributed by atoms with Crippen LogP contribution >= 0.6 is 15.9 Å². The summed E-state index contributed by atoms with van der Waals surface area (Å²) in [5, 5.41) is 11.1. The second-order valence-electron chi connectivity index (χ2n) is 4.29. The van der Waals surface area contributed by atoms with Crippen molar-refractivity contribution < 1.29 is 9.66 Å². The largest absolute Gasteiger partial charge is 0.450 e. The third-order valence-electron chi connectivity index (χ3n) is 2.77. The lowest BCUT2D eigenvalue weighted by Crippen LogP contribution is -2.01. The molecule has 0 aliphatic carbocycles. The van der Waals surface area contributed by atoms with Gasteiger partial charge in [-0.3, -0.25) is 10.1 Å². The van der Waals surface area contributed by atoms with Gasteiger partial charge in [0, 0.05) is 22.6 Å². The summed E-state index contributed by atoms with van der Waals surface area (Å²) in [6, 6.07) is 10.2. The van der Waals surface area contributed by atoms with Crippen LogP contribution in [0.2, 0.25) is 0 Å². The first kappa shape index (κ1) is 14.5. The molecule has 2 rings (SSSR count). The van der Waals surface area contributed by atoms with Gasteiger partial charge in [0.2, 0.25) is 5.75 Å². The van der Waals surface area contributed by atoms with E-state index in [1.165, 1.54) is 6.07 Å². The molecule has 0 aromatic heterocycles. The third kappa shape index (κ3) is 3.15. The molecular formula is C14H13BrN2O3. The summed E-state index contributed by atoms with van der Waals surface area (Å²) in [7, 11) is 0. The third-order valence-corrected chi connectivity index (χ3v) is 3.27. The predicted molar refractivity (Wildman–Crippen MR) is 79.9 cm³/mol. The fourth-order valence-corrected chi connectivity index (χ4v) is 2.19. The number of hydrogen-bond donors (Lipinski definition) is 1. The zero-order valence-electron chi connectivity index (χ0n) is 10.8. The number of benzene rings is 2. The molecule has 104 valence electrons. The molecule has 2 aromatic carbocycles. The molecule has 6 heteroatoms. The lowest BCUT2D eigenvalue weighted by atomic mass is 10.2. The van der Waals surface area contributed by atoms with E-state index in [0.717, 1.165) is 15.6 Å². The standard InChI is InChI=1S/C14H13BrN2O3/c1-9-2-4-14(12(6-9)17(18)19)20-13-5-3-11(15)7-10(13)8-16/h2-7H,8,16H2,1H3. The number of halogens is 1. The molecule has 0 amide bonds. The van der Waals surface area contributed by atoms with Crippen LogP contribution in [-0.4, -0.2) is 4.92 Å². The van der Waals surface area contributed by atoms with E-state index in [-0.39, 0.29) is 18.0 Å². The summed E-state index contributed by atoms with van der Waals surface area (Å²) in [5.74, 6) is 0.722. The van der Waals surface area contributed by atoms with Crippen LogP contribution in [0.4, 0.5) is 5.69 Å². The highest BCUT2D eigenvalue weighted by atomic mass is 79.9. The van der Waals surface area contributed by atoms with Gasteiger partial charge in [0.1, 0.15) is 5.75 Å². The van der Waals surface area contributed by atoms with Crippen molar-refractivity contribution in [2.75, 3.05) is 0 Å². The Labute approximate surface area is 124 Å². The van der Waals surface area contributed by atoms with E-state index in [2.05, 4.69) is 15.9 Å². The van der Waals surface area contributed by atoms with Crippen molar-refractivity contribution in [2.45, 2.75) is 13.5 Å².